The first-order valence-corrected chi connectivity index (χ1v) is 10.8. The highest BCUT2D eigenvalue weighted by atomic mass is 19.4. The molecule has 0 bridgehead atoms. The van der Waals surface area contributed by atoms with Crippen molar-refractivity contribution < 1.29 is 17.6 Å². The van der Waals surface area contributed by atoms with Crippen molar-refractivity contribution in [2.75, 3.05) is 12.4 Å². The maximum absolute atomic E-state index is 13.8. The Kier molecular flexibility index (Phi) is 5.60. The number of nitrogens with one attached hydrogen (secondary N) is 1. The van der Waals surface area contributed by atoms with Crippen LogP contribution in [0, 0.1) is 6.92 Å². The second-order valence-electron chi connectivity index (χ2n) is 7.87. The van der Waals surface area contributed by atoms with Crippen molar-refractivity contribution in [1.82, 2.24) is 19.7 Å². The number of anilines is 1. The summed E-state index contributed by atoms with van der Waals surface area (Å²) >= 11 is 0. The molecule has 0 saturated carbocycles. The molecule has 5 aromatic rings. The van der Waals surface area contributed by atoms with E-state index in [0.29, 0.717) is 11.6 Å². The van der Waals surface area contributed by atoms with Gasteiger partial charge in [0.1, 0.15) is 11.5 Å². The largest absolute Gasteiger partial charge is 0.420 e. The van der Waals surface area contributed by atoms with E-state index in [2.05, 4.69) is 20.5 Å². The van der Waals surface area contributed by atoms with E-state index in [4.69, 9.17) is 4.42 Å². The van der Waals surface area contributed by atoms with Gasteiger partial charge in [-0.25, -0.2) is 4.98 Å². The fourth-order valence-corrected chi connectivity index (χ4v) is 3.86. The predicted molar refractivity (Wildman–Crippen MR) is 127 cm³/mol. The zero-order valence-electron chi connectivity index (χ0n) is 18.8. The molecule has 0 aliphatic rings. The third-order valence-corrected chi connectivity index (χ3v) is 5.55. The van der Waals surface area contributed by atoms with Gasteiger partial charge in [-0.15, -0.1) is 10.2 Å². The summed E-state index contributed by atoms with van der Waals surface area (Å²) in [5.74, 6) is 0.584. The van der Waals surface area contributed by atoms with E-state index in [-0.39, 0.29) is 23.0 Å². The summed E-state index contributed by atoms with van der Waals surface area (Å²) in [6, 6.07) is 20.8. The van der Waals surface area contributed by atoms with Gasteiger partial charge < -0.3 is 9.73 Å². The number of benzene rings is 3. The van der Waals surface area contributed by atoms with Gasteiger partial charge in [-0.2, -0.15) is 13.2 Å². The first kappa shape index (κ1) is 22.4. The molecule has 35 heavy (non-hydrogen) atoms. The van der Waals surface area contributed by atoms with Gasteiger partial charge in [0.25, 0.3) is 5.89 Å². The lowest BCUT2D eigenvalue weighted by molar-refractivity contribution is -0.137. The monoisotopic (exact) mass is 475 g/mol. The molecule has 0 aliphatic heterocycles. The van der Waals surface area contributed by atoms with Crippen LogP contribution in [0.1, 0.15) is 11.5 Å². The van der Waals surface area contributed by atoms with Crippen LogP contribution in [0.3, 0.4) is 0 Å². The van der Waals surface area contributed by atoms with E-state index in [1.807, 2.05) is 55.6 Å². The van der Waals surface area contributed by atoms with Crippen LogP contribution in [-0.2, 0) is 6.18 Å². The van der Waals surface area contributed by atoms with Crippen LogP contribution in [0.25, 0.3) is 39.8 Å². The molecule has 2 heterocycles. The lowest BCUT2D eigenvalue weighted by atomic mass is 10.0. The van der Waals surface area contributed by atoms with E-state index >= 15 is 0 Å². The fraction of sp³-hybridized carbons (Fsp3) is 0.115. The van der Waals surface area contributed by atoms with Crippen molar-refractivity contribution in [3.63, 3.8) is 0 Å². The van der Waals surface area contributed by atoms with Crippen molar-refractivity contribution in [3.05, 3.63) is 90.4 Å². The topological polar surface area (TPSA) is 68.8 Å². The minimum absolute atomic E-state index is 0.0479. The second-order valence-corrected chi connectivity index (χ2v) is 7.87. The molecule has 0 spiro atoms. The maximum atomic E-state index is 13.8. The molecule has 2 aromatic heterocycles. The molecule has 1 N–H and O–H groups in total. The molecule has 0 amide bonds. The number of rotatable bonds is 5. The Hall–Kier alpha value is -4.40. The summed E-state index contributed by atoms with van der Waals surface area (Å²) in [6.45, 7) is 1.63. The Bertz CT molecular complexity index is 1490. The highest BCUT2D eigenvalue weighted by Gasteiger charge is 2.35. The minimum Gasteiger partial charge on any atom is -0.420 e. The van der Waals surface area contributed by atoms with Crippen molar-refractivity contribution in [2.24, 2.45) is 0 Å². The Morgan fingerprint density at radius 1 is 0.886 bits per heavy atom. The van der Waals surface area contributed by atoms with Crippen LogP contribution in [-0.4, -0.2) is 26.8 Å². The molecule has 0 fully saturated rings. The van der Waals surface area contributed by atoms with Gasteiger partial charge in [-0.1, -0.05) is 42.5 Å². The molecule has 0 aliphatic carbocycles. The smallest absolute Gasteiger partial charge is 0.417 e. The Balaban J connectivity index is 1.64. The third-order valence-electron chi connectivity index (χ3n) is 5.55. The molecule has 0 unspecified atom stereocenters. The number of alkyl halides is 3. The van der Waals surface area contributed by atoms with Crippen LogP contribution in [0.5, 0.6) is 0 Å². The average molecular weight is 475 g/mol. The standard InChI is InChI=1S/C26H20F3N5O/c1-16-32-33-25(35-16)23-15-34(24(31-23)21-8-3-4-9-22(21)26(27,28)29)20-12-10-17(11-13-20)18-6-5-7-19(14-18)30-2/h3-15,30H,1-2H3. The Morgan fingerprint density at radius 2 is 1.66 bits per heavy atom. The maximum Gasteiger partial charge on any atom is 0.417 e. The summed E-state index contributed by atoms with van der Waals surface area (Å²) in [6.07, 6.45) is -2.94. The molecule has 0 saturated heterocycles. The molecule has 176 valence electrons. The summed E-state index contributed by atoms with van der Waals surface area (Å²) in [5, 5.41) is 10.9. The van der Waals surface area contributed by atoms with Crippen molar-refractivity contribution in [2.45, 2.75) is 13.1 Å². The summed E-state index contributed by atoms with van der Waals surface area (Å²) in [4.78, 5) is 4.48. The lowest BCUT2D eigenvalue weighted by Crippen LogP contribution is -2.08. The average Bonchev–Trinajstić information content (AvgIpc) is 3.50. The molecular formula is C26H20F3N5O. The predicted octanol–water partition coefficient (Wildman–Crippen LogP) is 6.63. The zero-order valence-corrected chi connectivity index (χ0v) is 18.8. The van der Waals surface area contributed by atoms with Crippen LogP contribution in [0.2, 0.25) is 0 Å². The molecule has 0 atom stereocenters. The molecule has 0 radical (unpaired) electrons. The quantitative estimate of drug-likeness (QED) is 0.309. The van der Waals surface area contributed by atoms with E-state index in [1.54, 1.807) is 23.8 Å². The van der Waals surface area contributed by atoms with Gasteiger partial charge in [0.15, 0.2) is 0 Å². The van der Waals surface area contributed by atoms with Crippen LogP contribution >= 0.6 is 0 Å². The van der Waals surface area contributed by atoms with E-state index in [0.717, 1.165) is 22.9 Å². The van der Waals surface area contributed by atoms with E-state index < -0.39 is 11.7 Å². The number of hydrogen-bond donors (Lipinski definition) is 1. The number of nitrogens with zero attached hydrogens (tertiary/aromatic N) is 4. The summed E-state index contributed by atoms with van der Waals surface area (Å²) < 4.78 is 48.5. The van der Waals surface area contributed by atoms with Crippen LogP contribution in [0.4, 0.5) is 18.9 Å². The number of halogens is 3. The van der Waals surface area contributed by atoms with Gasteiger partial charge in [0, 0.05) is 37.1 Å². The zero-order chi connectivity index (χ0) is 24.6. The van der Waals surface area contributed by atoms with Crippen LogP contribution < -0.4 is 5.32 Å². The third kappa shape index (κ3) is 4.40. The van der Waals surface area contributed by atoms with Gasteiger partial charge in [0.2, 0.25) is 5.89 Å². The Labute approximate surface area is 199 Å². The minimum atomic E-state index is -4.54. The van der Waals surface area contributed by atoms with Gasteiger partial charge in [-0.05, 0) is 41.5 Å². The van der Waals surface area contributed by atoms with E-state index in [1.165, 1.54) is 12.1 Å². The summed E-state index contributed by atoms with van der Waals surface area (Å²) in [7, 11) is 1.85. The number of imidazole rings is 1. The first-order chi connectivity index (χ1) is 16.8. The summed E-state index contributed by atoms with van der Waals surface area (Å²) in [5.41, 5.74) is 3.05. The van der Waals surface area contributed by atoms with Gasteiger partial charge in [0.05, 0.1) is 5.56 Å². The molecule has 9 heteroatoms. The second kappa shape index (κ2) is 8.75. The molecule has 3 aromatic carbocycles. The normalized spacial score (nSPS) is 11.6. The number of aryl methyl sites for hydroxylation is 1. The van der Waals surface area contributed by atoms with Gasteiger partial charge in [-0.3, -0.25) is 4.57 Å². The molecule has 6 nitrogen and oxygen atoms in total. The molecular weight excluding hydrogens is 455 g/mol. The number of hydrogen-bond acceptors (Lipinski definition) is 5. The Morgan fingerprint density at radius 3 is 2.34 bits per heavy atom. The van der Waals surface area contributed by atoms with Gasteiger partial charge >= 0.3 is 6.18 Å². The van der Waals surface area contributed by atoms with E-state index in [9.17, 15) is 13.2 Å². The SMILES string of the molecule is CNc1cccc(-c2ccc(-n3cc(-c4nnc(C)o4)nc3-c3ccccc3C(F)(F)F)cc2)c1. The van der Waals surface area contributed by atoms with Crippen molar-refractivity contribution in [3.8, 4) is 39.8 Å². The van der Waals surface area contributed by atoms with Crippen molar-refractivity contribution in [1.29, 1.82) is 0 Å². The molecule has 5 rings (SSSR count). The highest BCUT2D eigenvalue weighted by Crippen LogP contribution is 2.38. The highest BCUT2D eigenvalue weighted by molar-refractivity contribution is 5.71. The lowest BCUT2D eigenvalue weighted by Gasteiger charge is -2.14. The van der Waals surface area contributed by atoms with Crippen molar-refractivity contribution >= 4 is 5.69 Å². The number of aromatic nitrogens is 4. The van der Waals surface area contributed by atoms with Crippen LogP contribution in [0.15, 0.2) is 83.4 Å². The fourth-order valence-electron chi connectivity index (χ4n) is 3.86. The first-order valence-electron chi connectivity index (χ1n) is 10.8.